The molecule has 0 aliphatic heterocycles. The van der Waals surface area contributed by atoms with Crippen molar-refractivity contribution in [2.75, 3.05) is 0 Å². The fraction of sp³-hybridized carbons (Fsp3) is 0.333. The van der Waals surface area contributed by atoms with Crippen LogP contribution in [0.15, 0.2) is 34.4 Å². The molecule has 0 spiro atoms. The molecule has 0 saturated heterocycles. The van der Waals surface area contributed by atoms with E-state index in [4.69, 9.17) is 10.3 Å². The van der Waals surface area contributed by atoms with Crippen molar-refractivity contribution in [3.63, 3.8) is 0 Å². The smallest absolute Gasteiger partial charge is 0.250 e. The van der Waals surface area contributed by atoms with E-state index < -0.39 is 0 Å². The highest BCUT2D eigenvalue weighted by molar-refractivity contribution is 5.85. The molecule has 0 unspecified atom stereocenters. The van der Waals surface area contributed by atoms with Crippen LogP contribution in [-0.2, 0) is 6.54 Å². The third kappa shape index (κ3) is 3.92. The van der Waals surface area contributed by atoms with Crippen molar-refractivity contribution >= 4 is 18.5 Å². The predicted molar refractivity (Wildman–Crippen MR) is 83.4 cm³/mol. The molecule has 2 N–H and O–H groups in total. The van der Waals surface area contributed by atoms with Gasteiger partial charge in [0, 0.05) is 18.2 Å². The van der Waals surface area contributed by atoms with Crippen LogP contribution in [0.4, 0.5) is 0 Å². The van der Waals surface area contributed by atoms with Gasteiger partial charge in [-0.15, -0.1) is 12.4 Å². The van der Waals surface area contributed by atoms with Crippen molar-refractivity contribution in [1.29, 1.82) is 0 Å². The van der Waals surface area contributed by atoms with Gasteiger partial charge in [-0.3, -0.25) is 0 Å². The molecule has 4 nitrogen and oxygen atoms in total. The van der Waals surface area contributed by atoms with Crippen molar-refractivity contribution in [3.8, 4) is 11.4 Å². The predicted octanol–water partition coefficient (Wildman–Crippen LogP) is 3.82. The molecular formula is C15H20ClN3O. The average molecular weight is 294 g/mol. The van der Waals surface area contributed by atoms with E-state index in [1.54, 1.807) is 0 Å². The molecule has 0 fully saturated rings. The van der Waals surface area contributed by atoms with Gasteiger partial charge in [0.05, 0.1) is 0 Å². The Hall–Kier alpha value is -1.65. The normalized spacial score (nSPS) is 9.95. The van der Waals surface area contributed by atoms with Crippen molar-refractivity contribution in [2.24, 2.45) is 5.73 Å². The molecule has 20 heavy (non-hydrogen) atoms. The Bertz CT molecular complexity index is 555. The van der Waals surface area contributed by atoms with E-state index >= 15 is 0 Å². The second-order valence-corrected chi connectivity index (χ2v) is 4.37. The van der Waals surface area contributed by atoms with Crippen LogP contribution in [0, 0.1) is 0 Å². The molecule has 1 heterocycles. The molecule has 0 aliphatic rings. The Morgan fingerprint density at radius 2 is 1.85 bits per heavy atom. The molecule has 1 aromatic carbocycles. The lowest BCUT2D eigenvalue weighted by atomic mass is 10.1. The maximum absolute atomic E-state index is 5.57. The highest BCUT2D eigenvalue weighted by Gasteiger charge is 2.07. The van der Waals surface area contributed by atoms with Gasteiger partial charge >= 0.3 is 0 Å². The van der Waals surface area contributed by atoms with E-state index in [0.717, 1.165) is 24.0 Å². The minimum atomic E-state index is 0. The number of halogens is 1. The summed E-state index contributed by atoms with van der Waals surface area (Å²) in [4.78, 5) is 4.39. The molecule has 2 aromatic rings. The number of nitrogens with two attached hydrogens (primary N) is 1. The molecule has 108 valence electrons. The highest BCUT2D eigenvalue weighted by atomic mass is 35.5. The van der Waals surface area contributed by atoms with Crippen LogP contribution in [0.5, 0.6) is 0 Å². The average Bonchev–Trinajstić information content (AvgIpc) is 2.93. The first kappa shape index (κ1) is 16.4. The molecule has 0 aliphatic carbocycles. The van der Waals surface area contributed by atoms with Gasteiger partial charge in [-0.1, -0.05) is 48.8 Å². The summed E-state index contributed by atoms with van der Waals surface area (Å²) >= 11 is 0. The summed E-state index contributed by atoms with van der Waals surface area (Å²) in [6, 6.07) is 7.87. The summed E-state index contributed by atoms with van der Waals surface area (Å²) in [5.41, 5.74) is 8.90. The Morgan fingerprint density at radius 3 is 2.40 bits per heavy atom. The largest absolute Gasteiger partial charge is 0.334 e. The van der Waals surface area contributed by atoms with Crippen LogP contribution in [0.2, 0.25) is 0 Å². The lowest BCUT2D eigenvalue weighted by Crippen LogP contribution is -1.95. The Morgan fingerprint density at radius 1 is 1.20 bits per heavy atom. The minimum Gasteiger partial charge on any atom is -0.334 e. The lowest BCUT2D eigenvalue weighted by molar-refractivity contribution is 0.410. The van der Waals surface area contributed by atoms with Gasteiger partial charge in [-0.25, -0.2) is 0 Å². The first-order chi connectivity index (χ1) is 9.26. The second-order valence-electron chi connectivity index (χ2n) is 4.37. The van der Waals surface area contributed by atoms with Gasteiger partial charge in [-0.2, -0.15) is 4.98 Å². The SMILES string of the molecule is CCC(=Cc1nc(-c2ccc(CN)cc2)no1)CC.Cl. The molecule has 5 heteroatoms. The van der Waals surface area contributed by atoms with E-state index in [2.05, 4.69) is 24.0 Å². The summed E-state index contributed by atoms with van der Waals surface area (Å²) in [5, 5.41) is 4.00. The number of allylic oxidation sites excluding steroid dienone is 1. The standard InChI is InChI=1S/C15H19N3O.ClH/c1-3-11(4-2)9-14-17-15(18-19-14)13-7-5-12(10-16)6-8-13;/h5-9H,3-4,10,16H2,1-2H3;1H. The zero-order valence-corrected chi connectivity index (χ0v) is 12.6. The van der Waals surface area contributed by atoms with E-state index in [9.17, 15) is 0 Å². The third-order valence-electron chi connectivity index (χ3n) is 3.13. The first-order valence-corrected chi connectivity index (χ1v) is 6.59. The Labute approximate surface area is 125 Å². The topological polar surface area (TPSA) is 64.9 Å². The van der Waals surface area contributed by atoms with Gasteiger partial charge in [0.2, 0.25) is 5.82 Å². The van der Waals surface area contributed by atoms with E-state index in [0.29, 0.717) is 18.3 Å². The zero-order chi connectivity index (χ0) is 13.7. The number of aromatic nitrogens is 2. The zero-order valence-electron chi connectivity index (χ0n) is 11.8. The van der Waals surface area contributed by atoms with Crippen molar-refractivity contribution in [2.45, 2.75) is 33.2 Å². The van der Waals surface area contributed by atoms with Gasteiger partial charge in [0.1, 0.15) is 0 Å². The molecule has 0 bridgehead atoms. The summed E-state index contributed by atoms with van der Waals surface area (Å²) < 4.78 is 5.25. The lowest BCUT2D eigenvalue weighted by Gasteiger charge is -1.97. The third-order valence-corrected chi connectivity index (χ3v) is 3.13. The van der Waals surface area contributed by atoms with Crippen molar-refractivity contribution < 1.29 is 4.52 Å². The number of nitrogens with zero attached hydrogens (tertiary/aromatic N) is 2. The van der Waals surface area contributed by atoms with Crippen LogP contribution >= 0.6 is 12.4 Å². The molecule has 0 saturated carbocycles. The van der Waals surface area contributed by atoms with E-state index in [-0.39, 0.29) is 12.4 Å². The Kier molecular flexibility index (Phi) is 6.42. The van der Waals surface area contributed by atoms with Crippen LogP contribution in [0.3, 0.4) is 0 Å². The van der Waals surface area contributed by atoms with Gasteiger partial charge in [0.25, 0.3) is 5.89 Å². The summed E-state index contributed by atoms with van der Waals surface area (Å²) in [6.07, 6.45) is 3.96. The van der Waals surface area contributed by atoms with Crippen LogP contribution in [0.25, 0.3) is 17.5 Å². The van der Waals surface area contributed by atoms with Gasteiger partial charge < -0.3 is 10.3 Å². The highest BCUT2D eigenvalue weighted by Crippen LogP contribution is 2.18. The molecule has 2 rings (SSSR count). The molecule has 0 atom stereocenters. The number of hydrogen-bond donors (Lipinski definition) is 1. The fourth-order valence-corrected chi connectivity index (χ4v) is 1.83. The van der Waals surface area contributed by atoms with E-state index in [1.165, 1.54) is 5.57 Å². The molecular weight excluding hydrogens is 274 g/mol. The molecule has 0 radical (unpaired) electrons. The van der Waals surface area contributed by atoms with Crippen LogP contribution in [0.1, 0.15) is 38.1 Å². The fourth-order valence-electron chi connectivity index (χ4n) is 1.83. The number of hydrogen-bond acceptors (Lipinski definition) is 4. The number of rotatable bonds is 5. The monoisotopic (exact) mass is 293 g/mol. The molecule has 0 amide bonds. The summed E-state index contributed by atoms with van der Waals surface area (Å²) in [7, 11) is 0. The quantitative estimate of drug-likeness (QED) is 0.910. The maximum Gasteiger partial charge on any atom is 0.250 e. The molecule has 1 aromatic heterocycles. The van der Waals surface area contributed by atoms with Crippen LogP contribution in [-0.4, -0.2) is 10.1 Å². The summed E-state index contributed by atoms with van der Waals surface area (Å²) in [5.74, 6) is 1.18. The second kappa shape index (κ2) is 7.82. The van der Waals surface area contributed by atoms with Gasteiger partial charge in [-0.05, 0) is 18.4 Å². The van der Waals surface area contributed by atoms with E-state index in [1.807, 2.05) is 30.3 Å². The van der Waals surface area contributed by atoms with Crippen molar-refractivity contribution in [3.05, 3.63) is 41.3 Å². The maximum atomic E-state index is 5.57. The first-order valence-electron chi connectivity index (χ1n) is 6.59. The summed E-state index contributed by atoms with van der Waals surface area (Å²) in [6.45, 7) is 4.78. The van der Waals surface area contributed by atoms with Crippen LogP contribution < -0.4 is 5.73 Å². The number of benzene rings is 1. The minimum absolute atomic E-state index is 0. The Balaban J connectivity index is 0.00000200. The van der Waals surface area contributed by atoms with Gasteiger partial charge in [0.15, 0.2) is 0 Å². The van der Waals surface area contributed by atoms with Crippen molar-refractivity contribution in [1.82, 2.24) is 10.1 Å².